The molecule has 1 amide bonds. The molecule has 0 aliphatic heterocycles. The Kier molecular flexibility index (Phi) is 5.40. The van der Waals surface area contributed by atoms with Crippen LogP contribution >= 0.6 is 22.7 Å². The minimum Gasteiger partial charge on any atom is -0.459 e. The number of hydrogen-bond acceptors (Lipinski definition) is 5. The summed E-state index contributed by atoms with van der Waals surface area (Å²) in [5, 5.41) is 6.61. The quantitative estimate of drug-likeness (QED) is 0.675. The van der Waals surface area contributed by atoms with Crippen LogP contribution in [0.15, 0.2) is 65.4 Å². The molecule has 0 aliphatic rings. The van der Waals surface area contributed by atoms with Crippen LogP contribution in [0.1, 0.15) is 30.9 Å². The fraction of sp³-hybridized carbons (Fsp3) is 0.111. The number of hydrogen-bond donors (Lipinski definition) is 1. The van der Waals surface area contributed by atoms with Crippen molar-refractivity contribution in [2.45, 2.75) is 6.04 Å². The highest BCUT2D eigenvalue weighted by Crippen LogP contribution is 2.17. The zero-order chi connectivity index (χ0) is 16.8. The fourth-order valence-corrected chi connectivity index (χ4v) is 3.41. The fourth-order valence-electron chi connectivity index (χ4n) is 2.17. The van der Waals surface area contributed by atoms with E-state index < -0.39 is 6.04 Å². The summed E-state index contributed by atoms with van der Waals surface area (Å²) >= 11 is 2.70. The van der Waals surface area contributed by atoms with Crippen molar-refractivity contribution in [1.29, 1.82) is 0 Å². The van der Waals surface area contributed by atoms with Gasteiger partial charge in [-0.15, -0.1) is 22.7 Å². The summed E-state index contributed by atoms with van der Waals surface area (Å²) < 4.78 is 5.38. The van der Waals surface area contributed by atoms with Gasteiger partial charge < -0.3 is 10.1 Å². The molecule has 0 unspecified atom stereocenters. The summed E-state index contributed by atoms with van der Waals surface area (Å²) in [6, 6.07) is 16.2. The molecule has 3 aromatic rings. The molecule has 122 valence electrons. The number of carbonyl (C=O) groups excluding carboxylic acids is 2. The van der Waals surface area contributed by atoms with Crippen molar-refractivity contribution in [2.75, 3.05) is 6.61 Å². The lowest BCUT2D eigenvalue weighted by atomic mass is 10.1. The Labute approximate surface area is 147 Å². The summed E-state index contributed by atoms with van der Waals surface area (Å²) in [5.74, 6) is -0.553. The molecule has 0 aliphatic carbocycles. The van der Waals surface area contributed by atoms with Gasteiger partial charge in [0, 0.05) is 0 Å². The predicted octanol–water partition coefficient (Wildman–Crippen LogP) is 4.14. The Hall–Kier alpha value is -2.44. The second-order valence-corrected chi connectivity index (χ2v) is 6.89. The third-order valence-corrected chi connectivity index (χ3v) is 5.07. The number of ether oxygens (including phenoxy) is 1. The van der Waals surface area contributed by atoms with Crippen molar-refractivity contribution in [3.63, 3.8) is 0 Å². The molecular weight excluding hydrogens is 342 g/mol. The van der Waals surface area contributed by atoms with E-state index in [1.807, 2.05) is 47.2 Å². The topological polar surface area (TPSA) is 55.4 Å². The highest BCUT2D eigenvalue weighted by molar-refractivity contribution is 7.12. The van der Waals surface area contributed by atoms with Crippen LogP contribution in [0, 0.1) is 0 Å². The van der Waals surface area contributed by atoms with Crippen LogP contribution in [-0.2, 0) is 4.74 Å². The largest absolute Gasteiger partial charge is 0.459 e. The summed E-state index contributed by atoms with van der Waals surface area (Å²) in [5.41, 5.74) is 0.890. The highest BCUT2D eigenvalue weighted by atomic mass is 32.1. The molecule has 0 saturated carbocycles. The molecule has 0 saturated heterocycles. The lowest BCUT2D eigenvalue weighted by molar-refractivity contribution is 0.0461. The zero-order valence-electron chi connectivity index (χ0n) is 12.7. The van der Waals surface area contributed by atoms with E-state index in [1.165, 1.54) is 22.7 Å². The van der Waals surface area contributed by atoms with Gasteiger partial charge in [-0.1, -0.05) is 42.5 Å². The number of benzene rings is 1. The molecule has 1 atom stereocenters. The van der Waals surface area contributed by atoms with Gasteiger partial charge in [-0.05, 0) is 28.5 Å². The Balaban J connectivity index is 1.70. The minimum atomic E-state index is -0.398. The molecule has 24 heavy (non-hydrogen) atoms. The van der Waals surface area contributed by atoms with Crippen molar-refractivity contribution in [3.8, 4) is 0 Å². The maximum Gasteiger partial charge on any atom is 0.348 e. The molecule has 4 nitrogen and oxygen atoms in total. The number of nitrogens with one attached hydrogen (secondary N) is 1. The summed E-state index contributed by atoms with van der Waals surface area (Å²) in [6.45, 7) is 0.0812. The first-order chi connectivity index (χ1) is 11.7. The van der Waals surface area contributed by atoms with E-state index >= 15 is 0 Å². The maximum atomic E-state index is 12.3. The average Bonchev–Trinajstić information content (AvgIpc) is 3.32. The summed E-state index contributed by atoms with van der Waals surface area (Å²) in [4.78, 5) is 25.5. The molecule has 0 bridgehead atoms. The standard InChI is InChI=1S/C18H15NO3S2/c20-17(15-8-4-10-23-15)19-14(13-6-2-1-3-7-13)12-22-18(21)16-9-5-11-24-16/h1-11,14H,12H2,(H,19,20)/t14-/m1/s1. The van der Waals surface area contributed by atoms with Gasteiger partial charge >= 0.3 is 5.97 Å². The third-order valence-electron chi connectivity index (χ3n) is 3.36. The molecule has 0 fully saturated rings. The van der Waals surface area contributed by atoms with Gasteiger partial charge in [-0.3, -0.25) is 4.79 Å². The number of amides is 1. The van der Waals surface area contributed by atoms with Crippen LogP contribution in [0.25, 0.3) is 0 Å². The van der Waals surface area contributed by atoms with Gasteiger partial charge in [0.05, 0.1) is 10.9 Å². The maximum absolute atomic E-state index is 12.3. The van der Waals surface area contributed by atoms with Crippen molar-refractivity contribution in [1.82, 2.24) is 5.32 Å². The molecule has 2 heterocycles. The van der Waals surface area contributed by atoms with Gasteiger partial charge in [0.2, 0.25) is 0 Å². The number of thiophene rings is 2. The van der Waals surface area contributed by atoms with Crippen LogP contribution in [0.3, 0.4) is 0 Å². The molecule has 6 heteroatoms. The van der Waals surface area contributed by atoms with E-state index in [9.17, 15) is 9.59 Å². The Morgan fingerprint density at radius 3 is 2.21 bits per heavy atom. The lowest BCUT2D eigenvalue weighted by Gasteiger charge is -2.18. The predicted molar refractivity (Wildman–Crippen MR) is 95.6 cm³/mol. The minimum absolute atomic E-state index is 0.0812. The van der Waals surface area contributed by atoms with Crippen molar-refractivity contribution >= 4 is 34.6 Å². The van der Waals surface area contributed by atoms with Crippen molar-refractivity contribution in [3.05, 3.63) is 80.7 Å². The molecule has 2 aromatic heterocycles. The normalized spacial score (nSPS) is 11.7. The highest BCUT2D eigenvalue weighted by Gasteiger charge is 2.19. The van der Waals surface area contributed by atoms with Crippen molar-refractivity contribution < 1.29 is 14.3 Å². The van der Waals surface area contributed by atoms with Gasteiger partial charge in [0.25, 0.3) is 5.91 Å². The van der Waals surface area contributed by atoms with E-state index in [-0.39, 0.29) is 18.5 Å². The van der Waals surface area contributed by atoms with Gasteiger partial charge in [-0.25, -0.2) is 4.79 Å². The van der Waals surface area contributed by atoms with Gasteiger partial charge in [-0.2, -0.15) is 0 Å². The first kappa shape index (κ1) is 16.4. The van der Waals surface area contributed by atoms with E-state index in [2.05, 4.69) is 5.32 Å². The zero-order valence-corrected chi connectivity index (χ0v) is 14.3. The van der Waals surface area contributed by atoms with Crippen LogP contribution in [0.5, 0.6) is 0 Å². The Morgan fingerprint density at radius 1 is 0.917 bits per heavy atom. The molecule has 3 rings (SSSR count). The van der Waals surface area contributed by atoms with Crippen LogP contribution in [-0.4, -0.2) is 18.5 Å². The summed E-state index contributed by atoms with van der Waals surface area (Å²) in [6.07, 6.45) is 0. The van der Waals surface area contributed by atoms with Gasteiger partial charge in [0.1, 0.15) is 11.5 Å². The van der Waals surface area contributed by atoms with Crippen LogP contribution in [0.2, 0.25) is 0 Å². The molecular formula is C18H15NO3S2. The second kappa shape index (κ2) is 7.90. The first-order valence-electron chi connectivity index (χ1n) is 7.34. The van der Waals surface area contributed by atoms with Crippen LogP contribution < -0.4 is 5.32 Å². The first-order valence-corrected chi connectivity index (χ1v) is 9.10. The van der Waals surface area contributed by atoms with Crippen molar-refractivity contribution in [2.24, 2.45) is 0 Å². The number of carbonyl (C=O) groups is 2. The second-order valence-electron chi connectivity index (χ2n) is 4.99. The van der Waals surface area contributed by atoms with Gasteiger partial charge in [0.15, 0.2) is 0 Å². The monoisotopic (exact) mass is 357 g/mol. The molecule has 0 radical (unpaired) electrons. The lowest BCUT2D eigenvalue weighted by Crippen LogP contribution is -2.31. The Morgan fingerprint density at radius 2 is 1.58 bits per heavy atom. The average molecular weight is 357 g/mol. The Bertz CT molecular complexity index is 783. The van der Waals surface area contributed by atoms with E-state index in [4.69, 9.17) is 4.74 Å². The number of esters is 1. The van der Waals surface area contributed by atoms with E-state index in [0.29, 0.717) is 9.75 Å². The smallest absolute Gasteiger partial charge is 0.348 e. The van der Waals surface area contributed by atoms with Crippen LogP contribution in [0.4, 0.5) is 0 Å². The molecule has 1 N–H and O–H groups in total. The molecule has 0 spiro atoms. The van der Waals surface area contributed by atoms with E-state index in [1.54, 1.807) is 18.2 Å². The number of rotatable bonds is 6. The molecule has 1 aromatic carbocycles. The SMILES string of the molecule is O=C(N[C@H](COC(=O)c1cccs1)c1ccccc1)c1cccs1. The summed E-state index contributed by atoms with van der Waals surface area (Å²) in [7, 11) is 0. The third kappa shape index (κ3) is 4.10. The van der Waals surface area contributed by atoms with E-state index in [0.717, 1.165) is 5.56 Å².